The first kappa shape index (κ1) is 16.1. The van der Waals surface area contributed by atoms with Gasteiger partial charge in [-0.2, -0.15) is 0 Å². The summed E-state index contributed by atoms with van der Waals surface area (Å²) in [5.74, 6) is 0. The van der Waals surface area contributed by atoms with E-state index >= 15 is 0 Å². The second-order valence-electron chi connectivity index (χ2n) is 6.23. The molecule has 5 rings (SSSR count). The lowest BCUT2D eigenvalue weighted by Gasteiger charge is -2.08. The second-order valence-corrected chi connectivity index (χ2v) is 6.23. The standard InChI is InChI=1S/C22H14N6/c1-2-9-16-15(7-1)8-5-12-17(16)23-24-18-10-3-4-11-19(18)25-26-20-13-6-14-21-22(20)28-27-21/h1-14H. The summed E-state index contributed by atoms with van der Waals surface area (Å²) in [6, 6.07) is 27.3. The van der Waals surface area contributed by atoms with Crippen molar-refractivity contribution in [2.45, 2.75) is 0 Å². The van der Waals surface area contributed by atoms with Crippen molar-refractivity contribution in [1.29, 1.82) is 0 Å². The molecule has 4 aromatic rings. The highest BCUT2D eigenvalue weighted by molar-refractivity contribution is 5.92. The molecule has 0 fully saturated rings. The molecule has 132 valence electrons. The molecule has 0 unspecified atom stereocenters. The Kier molecular flexibility index (Phi) is 3.99. The highest BCUT2D eigenvalue weighted by atomic mass is 15.2. The van der Waals surface area contributed by atoms with Crippen molar-refractivity contribution in [2.24, 2.45) is 30.7 Å². The van der Waals surface area contributed by atoms with Crippen LogP contribution >= 0.6 is 0 Å². The van der Waals surface area contributed by atoms with Crippen molar-refractivity contribution in [1.82, 2.24) is 0 Å². The Hall–Kier alpha value is -4.06. The van der Waals surface area contributed by atoms with Gasteiger partial charge in [-0.15, -0.1) is 30.7 Å². The van der Waals surface area contributed by atoms with Crippen molar-refractivity contribution in [3.8, 4) is 0 Å². The first-order valence-corrected chi connectivity index (χ1v) is 8.83. The number of azo groups is 3. The largest absolute Gasteiger partial charge is 0.150 e. The van der Waals surface area contributed by atoms with Crippen LogP contribution in [0.4, 0.5) is 34.1 Å². The monoisotopic (exact) mass is 362 g/mol. The Morgan fingerprint density at radius 2 is 1.04 bits per heavy atom. The zero-order valence-electron chi connectivity index (χ0n) is 14.8. The molecule has 6 heteroatoms. The Labute approximate surface area is 161 Å². The maximum atomic E-state index is 4.45. The third kappa shape index (κ3) is 2.97. The van der Waals surface area contributed by atoms with E-state index in [1.165, 1.54) is 0 Å². The zero-order valence-corrected chi connectivity index (χ0v) is 14.8. The summed E-state index contributed by atoms with van der Waals surface area (Å²) < 4.78 is 0. The van der Waals surface area contributed by atoms with Crippen LogP contribution in [0.3, 0.4) is 0 Å². The SMILES string of the molecule is c1ccc(N=Nc2cccc3ccccc23)c(N=Nc2cccc3c2N=N3)c1. The molecule has 4 aromatic carbocycles. The molecule has 0 bridgehead atoms. The Bertz CT molecular complexity index is 1270. The van der Waals surface area contributed by atoms with Crippen molar-refractivity contribution < 1.29 is 0 Å². The van der Waals surface area contributed by atoms with Crippen LogP contribution in [0, 0.1) is 0 Å². The van der Waals surface area contributed by atoms with Gasteiger partial charge in [0.15, 0.2) is 0 Å². The Morgan fingerprint density at radius 1 is 0.464 bits per heavy atom. The lowest BCUT2D eigenvalue weighted by molar-refractivity contribution is 1.11. The van der Waals surface area contributed by atoms with Crippen molar-refractivity contribution in [2.75, 3.05) is 0 Å². The molecule has 28 heavy (non-hydrogen) atoms. The molecule has 0 amide bonds. The van der Waals surface area contributed by atoms with Gasteiger partial charge in [-0.1, -0.05) is 54.6 Å². The van der Waals surface area contributed by atoms with E-state index in [2.05, 4.69) is 42.8 Å². The van der Waals surface area contributed by atoms with Gasteiger partial charge < -0.3 is 0 Å². The molecule has 1 aliphatic rings. The summed E-state index contributed by atoms with van der Waals surface area (Å²) in [6.45, 7) is 0. The third-order valence-electron chi connectivity index (χ3n) is 4.43. The lowest BCUT2D eigenvalue weighted by Crippen LogP contribution is -1.76. The van der Waals surface area contributed by atoms with Gasteiger partial charge in [0.1, 0.15) is 28.4 Å². The van der Waals surface area contributed by atoms with Gasteiger partial charge in [-0.25, -0.2) is 0 Å². The van der Waals surface area contributed by atoms with E-state index in [0.717, 1.165) is 27.8 Å². The molecule has 1 heterocycles. The van der Waals surface area contributed by atoms with Crippen LogP contribution in [-0.4, -0.2) is 0 Å². The van der Waals surface area contributed by atoms with Crippen LogP contribution in [0.1, 0.15) is 0 Å². The minimum absolute atomic E-state index is 0.639. The van der Waals surface area contributed by atoms with Gasteiger partial charge in [-0.3, -0.25) is 0 Å². The van der Waals surface area contributed by atoms with E-state index in [1.54, 1.807) is 0 Å². The normalized spacial score (nSPS) is 12.6. The fourth-order valence-electron chi connectivity index (χ4n) is 2.99. The van der Waals surface area contributed by atoms with E-state index in [9.17, 15) is 0 Å². The first-order valence-electron chi connectivity index (χ1n) is 8.83. The smallest absolute Gasteiger partial charge is 0.141 e. The zero-order chi connectivity index (χ0) is 18.8. The van der Waals surface area contributed by atoms with Gasteiger partial charge in [0.2, 0.25) is 0 Å². The van der Waals surface area contributed by atoms with Crippen LogP contribution in [0.2, 0.25) is 0 Å². The molecular weight excluding hydrogens is 348 g/mol. The van der Waals surface area contributed by atoms with Crippen LogP contribution in [-0.2, 0) is 0 Å². The molecule has 6 nitrogen and oxygen atoms in total. The number of hydrogen-bond acceptors (Lipinski definition) is 6. The molecular formula is C22H14N6. The van der Waals surface area contributed by atoms with Crippen molar-refractivity contribution >= 4 is 44.9 Å². The topological polar surface area (TPSA) is 74.2 Å². The molecule has 0 aliphatic carbocycles. The molecule has 0 atom stereocenters. The van der Waals surface area contributed by atoms with E-state index in [0.29, 0.717) is 17.1 Å². The number of rotatable bonds is 4. The van der Waals surface area contributed by atoms with E-state index in [1.807, 2.05) is 72.8 Å². The minimum Gasteiger partial charge on any atom is -0.150 e. The average Bonchev–Trinajstić information content (AvgIpc) is 2.72. The molecule has 1 aliphatic heterocycles. The number of fused-ring (bicyclic) bond motifs is 2. The first-order chi connectivity index (χ1) is 13.9. The predicted octanol–water partition coefficient (Wildman–Crippen LogP) is 8.40. The fraction of sp³-hybridized carbons (Fsp3) is 0. The fourth-order valence-corrected chi connectivity index (χ4v) is 2.99. The van der Waals surface area contributed by atoms with Crippen LogP contribution in [0.15, 0.2) is 116 Å². The highest BCUT2D eigenvalue weighted by Gasteiger charge is 2.13. The molecule has 0 aromatic heterocycles. The van der Waals surface area contributed by atoms with Crippen LogP contribution in [0.5, 0.6) is 0 Å². The maximum Gasteiger partial charge on any atom is 0.141 e. The summed E-state index contributed by atoms with van der Waals surface area (Å²) in [5, 5.41) is 27.7. The quantitative estimate of drug-likeness (QED) is 0.288. The van der Waals surface area contributed by atoms with Crippen molar-refractivity contribution in [3.05, 3.63) is 84.9 Å². The van der Waals surface area contributed by atoms with E-state index < -0.39 is 0 Å². The van der Waals surface area contributed by atoms with Crippen LogP contribution < -0.4 is 0 Å². The van der Waals surface area contributed by atoms with Gasteiger partial charge >= 0.3 is 0 Å². The van der Waals surface area contributed by atoms with Crippen molar-refractivity contribution in [3.63, 3.8) is 0 Å². The summed E-state index contributed by atoms with van der Waals surface area (Å²) >= 11 is 0. The number of nitrogens with zero attached hydrogens (tertiary/aromatic N) is 6. The lowest BCUT2D eigenvalue weighted by atomic mass is 10.1. The average molecular weight is 362 g/mol. The summed E-state index contributed by atoms with van der Waals surface area (Å²) in [6.07, 6.45) is 0. The predicted molar refractivity (Wildman–Crippen MR) is 109 cm³/mol. The summed E-state index contributed by atoms with van der Waals surface area (Å²) in [7, 11) is 0. The summed E-state index contributed by atoms with van der Waals surface area (Å²) in [5.41, 5.74) is 4.39. The molecule has 0 spiro atoms. The van der Waals surface area contributed by atoms with Gasteiger partial charge in [0.25, 0.3) is 0 Å². The molecule has 0 N–H and O–H groups in total. The molecule has 0 saturated heterocycles. The number of hydrogen-bond donors (Lipinski definition) is 0. The Balaban J connectivity index is 1.48. The van der Waals surface area contributed by atoms with E-state index in [-0.39, 0.29) is 0 Å². The number of benzene rings is 4. The van der Waals surface area contributed by atoms with E-state index in [4.69, 9.17) is 0 Å². The summed E-state index contributed by atoms with van der Waals surface area (Å²) in [4.78, 5) is 0. The third-order valence-corrected chi connectivity index (χ3v) is 4.43. The molecule has 0 saturated carbocycles. The van der Waals surface area contributed by atoms with Crippen LogP contribution in [0.25, 0.3) is 10.8 Å². The second kappa shape index (κ2) is 6.92. The Morgan fingerprint density at radius 3 is 1.82 bits per heavy atom. The minimum atomic E-state index is 0.639. The van der Waals surface area contributed by atoms with Gasteiger partial charge in [0, 0.05) is 5.39 Å². The highest BCUT2D eigenvalue weighted by Crippen LogP contribution is 2.45. The molecule has 0 radical (unpaired) electrons. The maximum absolute atomic E-state index is 4.45. The van der Waals surface area contributed by atoms with Gasteiger partial charge in [0.05, 0.1) is 5.69 Å². The van der Waals surface area contributed by atoms with Gasteiger partial charge in [-0.05, 0) is 35.7 Å².